The van der Waals surface area contributed by atoms with Crippen LogP contribution in [0.25, 0.3) is 0 Å². The van der Waals surface area contributed by atoms with Crippen molar-refractivity contribution in [3.05, 3.63) is 23.2 Å². The van der Waals surface area contributed by atoms with Gasteiger partial charge in [-0.3, -0.25) is 0 Å². The van der Waals surface area contributed by atoms with Crippen molar-refractivity contribution >= 4 is 11.6 Å². The van der Waals surface area contributed by atoms with Gasteiger partial charge in [0.25, 0.3) is 5.95 Å². The van der Waals surface area contributed by atoms with Gasteiger partial charge in [0.15, 0.2) is 11.9 Å². The molecule has 0 fully saturated rings. The van der Waals surface area contributed by atoms with Crippen LogP contribution < -0.4 is 4.74 Å². The molecule has 0 aliphatic heterocycles. The number of hydrogen-bond acceptors (Lipinski definition) is 2. The van der Waals surface area contributed by atoms with E-state index < -0.39 is 24.0 Å². The van der Waals surface area contributed by atoms with Crippen LogP contribution in [-0.2, 0) is 0 Å². The van der Waals surface area contributed by atoms with Crippen molar-refractivity contribution in [2.75, 3.05) is 0 Å². The Kier molecular flexibility index (Phi) is 3.38. The molecule has 0 N–H and O–H groups in total. The first kappa shape index (κ1) is 12.0. The average Bonchev–Trinajstić information content (AvgIpc) is 2.09. The predicted octanol–water partition coefficient (Wildman–Crippen LogP) is 3.20. The van der Waals surface area contributed by atoms with Crippen LogP contribution in [0.15, 0.2) is 12.3 Å². The molecule has 0 amide bonds. The van der Waals surface area contributed by atoms with Gasteiger partial charge in [0.2, 0.25) is 0 Å². The zero-order valence-corrected chi connectivity index (χ0v) is 8.23. The largest absolute Gasteiger partial charge is 0.476 e. The first-order valence-electron chi connectivity index (χ1n) is 3.85. The molecule has 0 bridgehead atoms. The number of alkyl halides is 3. The van der Waals surface area contributed by atoms with E-state index in [1.165, 1.54) is 0 Å². The summed E-state index contributed by atoms with van der Waals surface area (Å²) in [5, 5.41) is 0.000717. The van der Waals surface area contributed by atoms with Gasteiger partial charge in [-0.2, -0.15) is 17.6 Å². The molecule has 2 nitrogen and oxygen atoms in total. The van der Waals surface area contributed by atoms with Crippen molar-refractivity contribution in [1.82, 2.24) is 4.98 Å². The zero-order valence-electron chi connectivity index (χ0n) is 7.48. The molecule has 84 valence electrons. The van der Waals surface area contributed by atoms with Gasteiger partial charge in [0.1, 0.15) is 0 Å². The lowest BCUT2D eigenvalue weighted by molar-refractivity contribution is -0.189. The summed E-state index contributed by atoms with van der Waals surface area (Å²) in [4.78, 5) is 3.12. The van der Waals surface area contributed by atoms with Crippen LogP contribution in [-0.4, -0.2) is 17.3 Å². The molecule has 1 aromatic heterocycles. The first-order valence-corrected chi connectivity index (χ1v) is 4.23. The number of pyridine rings is 1. The molecule has 0 aliphatic rings. The Morgan fingerprint density at radius 1 is 1.47 bits per heavy atom. The molecule has 0 saturated carbocycles. The van der Waals surface area contributed by atoms with Crippen molar-refractivity contribution in [2.24, 2.45) is 0 Å². The number of halogens is 5. The minimum atomic E-state index is -4.56. The van der Waals surface area contributed by atoms with E-state index in [9.17, 15) is 17.6 Å². The smallest absolute Gasteiger partial charge is 0.425 e. The highest BCUT2D eigenvalue weighted by Gasteiger charge is 2.38. The Morgan fingerprint density at radius 2 is 2.07 bits per heavy atom. The summed E-state index contributed by atoms with van der Waals surface area (Å²) in [5.74, 6) is -1.75. The van der Waals surface area contributed by atoms with Gasteiger partial charge in [-0.05, 0) is 6.92 Å². The van der Waals surface area contributed by atoms with Gasteiger partial charge in [0.05, 0.1) is 5.02 Å². The third kappa shape index (κ3) is 3.23. The molecule has 15 heavy (non-hydrogen) atoms. The van der Waals surface area contributed by atoms with Crippen LogP contribution in [0.3, 0.4) is 0 Å². The van der Waals surface area contributed by atoms with E-state index >= 15 is 0 Å². The maximum atomic E-state index is 12.9. The predicted molar refractivity (Wildman–Crippen MR) is 45.4 cm³/mol. The maximum absolute atomic E-state index is 12.9. The molecular weight excluding hydrogens is 238 g/mol. The molecule has 1 atom stereocenters. The Morgan fingerprint density at radius 3 is 2.60 bits per heavy atom. The normalized spacial score (nSPS) is 13.7. The number of ether oxygens (including phenoxy) is 1. The first-order chi connectivity index (χ1) is 6.80. The van der Waals surface area contributed by atoms with Crippen molar-refractivity contribution in [1.29, 1.82) is 0 Å². The fourth-order valence-corrected chi connectivity index (χ4v) is 0.892. The zero-order chi connectivity index (χ0) is 11.6. The summed E-state index contributed by atoms with van der Waals surface area (Å²) in [6.07, 6.45) is -5.70. The lowest BCUT2D eigenvalue weighted by Crippen LogP contribution is -2.31. The van der Waals surface area contributed by atoms with E-state index in [0.717, 1.165) is 19.2 Å². The third-order valence-corrected chi connectivity index (χ3v) is 1.74. The molecule has 0 aromatic carbocycles. The van der Waals surface area contributed by atoms with Gasteiger partial charge in [-0.15, -0.1) is 0 Å². The summed E-state index contributed by atoms with van der Waals surface area (Å²) < 4.78 is 53.4. The average molecular weight is 244 g/mol. The van der Waals surface area contributed by atoms with Gasteiger partial charge in [-0.25, -0.2) is 4.98 Å². The molecule has 1 heterocycles. The lowest BCUT2D eigenvalue weighted by atomic mass is 10.4. The third-order valence-electron chi connectivity index (χ3n) is 1.54. The minimum Gasteiger partial charge on any atom is -0.476 e. The molecule has 0 spiro atoms. The fraction of sp³-hybridized carbons (Fsp3) is 0.375. The lowest BCUT2D eigenvalue weighted by Gasteiger charge is -2.17. The van der Waals surface area contributed by atoms with Gasteiger partial charge in [-0.1, -0.05) is 11.6 Å². The monoisotopic (exact) mass is 243 g/mol. The number of aromatic nitrogens is 1. The highest BCUT2D eigenvalue weighted by atomic mass is 35.5. The summed E-state index contributed by atoms with van der Waals surface area (Å²) in [6, 6.07) is 0.937. The van der Waals surface area contributed by atoms with E-state index in [-0.39, 0.29) is 5.02 Å². The van der Waals surface area contributed by atoms with Crippen molar-refractivity contribution in [3.8, 4) is 5.75 Å². The number of nitrogens with zero attached hydrogens (tertiary/aromatic N) is 1. The summed E-state index contributed by atoms with van der Waals surface area (Å²) in [6.45, 7) is 0.764. The highest BCUT2D eigenvalue weighted by molar-refractivity contribution is 6.30. The fourth-order valence-electron chi connectivity index (χ4n) is 0.744. The molecule has 0 aliphatic carbocycles. The molecule has 1 aromatic rings. The number of rotatable bonds is 2. The van der Waals surface area contributed by atoms with Crippen LogP contribution >= 0.6 is 11.6 Å². The van der Waals surface area contributed by atoms with E-state index in [4.69, 9.17) is 11.6 Å². The summed E-state index contributed by atoms with van der Waals surface area (Å²) in [7, 11) is 0. The van der Waals surface area contributed by atoms with Crippen molar-refractivity contribution in [3.63, 3.8) is 0 Å². The second kappa shape index (κ2) is 4.22. The van der Waals surface area contributed by atoms with Gasteiger partial charge in [0, 0.05) is 12.3 Å². The van der Waals surface area contributed by atoms with E-state index in [2.05, 4.69) is 9.72 Å². The molecular formula is C8H6ClF4NO. The van der Waals surface area contributed by atoms with Crippen molar-refractivity contribution in [2.45, 2.75) is 19.2 Å². The second-order valence-corrected chi connectivity index (χ2v) is 3.18. The Hall–Kier alpha value is -1.04. The topological polar surface area (TPSA) is 22.1 Å². The minimum absolute atomic E-state index is 0.000717. The van der Waals surface area contributed by atoms with E-state index in [1.54, 1.807) is 0 Å². The Bertz CT molecular complexity index is 355. The maximum Gasteiger partial charge on any atom is 0.425 e. The molecule has 7 heteroatoms. The van der Waals surface area contributed by atoms with E-state index in [1.807, 2.05) is 0 Å². The highest BCUT2D eigenvalue weighted by Crippen LogP contribution is 2.27. The van der Waals surface area contributed by atoms with Gasteiger partial charge < -0.3 is 4.74 Å². The number of hydrogen-bond donors (Lipinski definition) is 0. The molecule has 1 unspecified atom stereocenters. The van der Waals surface area contributed by atoms with E-state index in [0.29, 0.717) is 0 Å². The van der Waals surface area contributed by atoms with Crippen LogP contribution in [0, 0.1) is 5.95 Å². The van der Waals surface area contributed by atoms with Crippen LogP contribution in [0.4, 0.5) is 17.6 Å². The molecule has 1 rings (SSSR count). The standard InChI is InChI=1S/C8H6ClF4NO/c1-4(8(11,12)13)15-6-2-5(9)3-14-7(6)10/h2-4H,1H3. The van der Waals surface area contributed by atoms with Gasteiger partial charge >= 0.3 is 6.18 Å². The second-order valence-electron chi connectivity index (χ2n) is 2.74. The van der Waals surface area contributed by atoms with Crippen LogP contribution in [0.1, 0.15) is 6.92 Å². The molecule has 0 saturated heterocycles. The van der Waals surface area contributed by atoms with Crippen LogP contribution in [0.5, 0.6) is 5.75 Å². The van der Waals surface area contributed by atoms with Crippen LogP contribution in [0.2, 0.25) is 5.02 Å². The SMILES string of the molecule is CC(Oc1cc(Cl)cnc1F)C(F)(F)F. The Balaban J connectivity index is 2.85. The molecule has 0 radical (unpaired) electrons. The Labute approximate surface area is 87.8 Å². The summed E-state index contributed by atoms with van der Waals surface area (Å²) in [5.41, 5.74) is 0. The summed E-state index contributed by atoms with van der Waals surface area (Å²) >= 11 is 5.42. The van der Waals surface area contributed by atoms with Crippen molar-refractivity contribution < 1.29 is 22.3 Å². The quantitative estimate of drug-likeness (QED) is 0.588.